The summed E-state index contributed by atoms with van der Waals surface area (Å²) in [6.07, 6.45) is 1.89. The van der Waals surface area contributed by atoms with Crippen molar-refractivity contribution in [3.8, 4) is 0 Å². The number of nitrogens with one attached hydrogen (secondary N) is 1. The molecular weight excluding hydrogens is 305 g/mol. The van der Waals surface area contributed by atoms with Gasteiger partial charge in [0.05, 0.1) is 39.3 Å². The third kappa shape index (κ3) is 2.39. The van der Waals surface area contributed by atoms with Crippen LogP contribution in [-0.4, -0.2) is 9.78 Å². The van der Waals surface area contributed by atoms with Crippen molar-refractivity contribution in [1.82, 2.24) is 9.78 Å². The minimum atomic E-state index is 0.511. The van der Waals surface area contributed by atoms with Crippen molar-refractivity contribution in [2.24, 2.45) is 15.8 Å². The Bertz CT molecular complexity index is 718. The van der Waals surface area contributed by atoms with Gasteiger partial charge in [-0.15, -0.1) is 0 Å². The summed E-state index contributed by atoms with van der Waals surface area (Å²) in [5, 5.41) is 8.57. The van der Waals surface area contributed by atoms with Crippen LogP contribution in [0, 0.1) is 0 Å². The first-order chi connectivity index (χ1) is 9.15. The van der Waals surface area contributed by atoms with E-state index in [9.17, 15) is 0 Å². The molecule has 0 radical (unpaired) electrons. The topological polar surface area (TPSA) is 54.6 Å². The number of fused-ring (bicyclic) bond motifs is 1. The maximum atomic E-state index is 6.20. The summed E-state index contributed by atoms with van der Waals surface area (Å²) >= 11 is 13.4. The van der Waals surface area contributed by atoms with E-state index in [2.05, 4.69) is 19.1 Å². The molecule has 2 heterocycles. The molecule has 2 aromatic rings. The summed E-state index contributed by atoms with van der Waals surface area (Å²) in [5.74, 6) is 0. The lowest BCUT2D eigenvalue weighted by Crippen LogP contribution is -2.02. The molecule has 1 N–H and O–H groups in total. The summed E-state index contributed by atoms with van der Waals surface area (Å²) in [6.45, 7) is 0.564. The van der Waals surface area contributed by atoms with Gasteiger partial charge in [-0.05, 0) is 12.1 Å². The van der Waals surface area contributed by atoms with Crippen molar-refractivity contribution in [3.05, 3.63) is 34.1 Å². The van der Waals surface area contributed by atoms with Crippen LogP contribution in [0.25, 0.3) is 0 Å². The SMILES string of the molecule is Cn1ccc(CNc2c(Cl)cc(Cl)c3c2N=S=N3)n1. The number of hydrogen-bond acceptors (Lipinski definition) is 4. The fourth-order valence-electron chi connectivity index (χ4n) is 1.78. The summed E-state index contributed by atoms with van der Waals surface area (Å²) in [5.41, 5.74) is 3.02. The second-order valence-corrected chi connectivity index (χ2v) is 5.35. The van der Waals surface area contributed by atoms with E-state index in [0.29, 0.717) is 28.0 Å². The van der Waals surface area contributed by atoms with Crippen LogP contribution >= 0.6 is 23.2 Å². The van der Waals surface area contributed by atoms with Crippen LogP contribution in [0.2, 0.25) is 10.0 Å². The quantitative estimate of drug-likeness (QED) is 0.792. The van der Waals surface area contributed by atoms with Crippen molar-refractivity contribution in [2.75, 3.05) is 5.32 Å². The molecule has 0 bridgehead atoms. The Kier molecular flexibility index (Phi) is 3.30. The van der Waals surface area contributed by atoms with E-state index in [1.165, 1.54) is 0 Å². The zero-order valence-corrected chi connectivity index (χ0v) is 12.2. The number of halogens is 2. The molecule has 0 fully saturated rings. The number of anilines is 1. The normalized spacial score (nSPS) is 12.4. The Balaban J connectivity index is 1.90. The molecule has 5 nitrogen and oxygen atoms in total. The maximum Gasteiger partial charge on any atom is 0.130 e. The monoisotopic (exact) mass is 313 g/mol. The second-order valence-electron chi connectivity index (χ2n) is 4.01. The highest BCUT2D eigenvalue weighted by atomic mass is 35.5. The molecule has 0 atom stereocenters. The van der Waals surface area contributed by atoms with E-state index in [1.54, 1.807) is 10.7 Å². The third-order valence-electron chi connectivity index (χ3n) is 2.66. The van der Waals surface area contributed by atoms with Crippen molar-refractivity contribution in [2.45, 2.75) is 6.54 Å². The highest BCUT2D eigenvalue weighted by molar-refractivity contribution is 7.58. The van der Waals surface area contributed by atoms with E-state index < -0.39 is 0 Å². The van der Waals surface area contributed by atoms with Gasteiger partial charge in [0.2, 0.25) is 0 Å². The first kappa shape index (κ1) is 12.7. The average Bonchev–Trinajstić information content (AvgIpc) is 2.98. The molecule has 0 unspecified atom stereocenters. The molecule has 8 heteroatoms. The highest BCUT2D eigenvalue weighted by Crippen LogP contribution is 2.47. The predicted molar refractivity (Wildman–Crippen MR) is 78.5 cm³/mol. The van der Waals surface area contributed by atoms with Gasteiger partial charge in [-0.1, -0.05) is 23.2 Å². The van der Waals surface area contributed by atoms with Gasteiger partial charge in [-0.25, -0.2) is 0 Å². The fraction of sp³-hybridized carbons (Fsp3) is 0.182. The number of hydrogen-bond donors (Lipinski definition) is 1. The molecule has 1 aliphatic rings. The summed E-state index contributed by atoms with van der Waals surface area (Å²) < 4.78 is 10.1. The van der Waals surface area contributed by atoms with Gasteiger partial charge in [-0.3, -0.25) is 4.68 Å². The van der Waals surface area contributed by atoms with E-state index >= 15 is 0 Å². The second kappa shape index (κ2) is 4.96. The lowest BCUT2D eigenvalue weighted by molar-refractivity contribution is 0.747. The molecule has 1 aliphatic heterocycles. The van der Waals surface area contributed by atoms with Crippen molar-refractivity contribution < 1.29 is 0 Å². The Morgan fingerprint density at radius 3 is 2.79 bits per heavy atom. The Morgan fingerprint density at radius 2 is 2.05 bits per heavy atom. The Hall–Kier alpha value is -1.37. The molecule has 19 heavy (non-hydrogen) atoms. The molecule has 1 aromatic carbocycles. The molecule has 98 valence electrons. The first-order valence-corrected chi connectivity index (χ1v) is 6.96. The minimum Gasteiger partial charge on any atom is -0.376 e. The van der Waals surface area contributed by atoms with Crippen LogP contribution in [0.1, 0.15) is 5.69 Å². The third-order valence-corrected chi connectivity index (χ3v) is 3.77. The van der Waals surface area contributed by atoms with Gasteiger partial charge in [-0.2, -0.15) is 13.8 Å². The molecule has 1 aromatic heterocycles. The summed E-state index contributed by atoms with van der Waals surface area (Å²) in [7, 11) is 1.88. The van der Waals surface area contributed by atoms with Gasteiger partial charge in [0.1, 0.15) is 11.4 Å². The number of nitrogens with zero attached hydrogens (tertiary/aromatic N) is 4. The molecule has 3 rings (SSSR count). The lowest BCUT2D eigenvalue weighted by atomic mass is 10.2. The molecule has 0 saturated heterocycles. The Labute approximate surface area is 123 Å². The van der Waals surface area contributed by atoms with Crippen LogP contribution in [0.3, 0.4) is 0 Å². The van der Waals surface area contributed by atoms with Crippen LogP contribution < -0.4 is 5.32 Å². The van der Waals surface area contributed by atoms with E-state index in [-0.39, 0.29) is 0 Å². The van der Waals surface area contributed by atoms with E-state index in [4.69, 9.17) is 23.2 Å². The molecule has 0 amide bonds. The number of rotatable bonds is 3. The molecule has 0 aliphatic carbocycles. The zero-order chi connectivity index (χ0) is 13.4. The predicted octanol–water partition coefficient (Wildman–Crippen LogP) is 4.07. The zero-order valence-electron chi connectivity index (χ0n) is 9.89. The van der Waals surface area contributed by atoms with Gasteiger partial charge in [0.15, 0.2) is 0 Å². The smallest absolute Gasteiger partial charge is 0.130 e. The van der Waals surface area contributed by atoms with Crippen LogP contribution in [0.4, 0.5) is 17.1 Å². The molecular formula is C11H9Cl2N5S. The fourth-order valence-corrected chi connectivity index (χ4v) is 2.96. The molecule has 0 spiro atoms. The summed E-state index contributed by atoms with van der Waals surface area (Å²) in [4.78, 5) is 0. The van der Waals surface area contributed by atoms with E-state index in [1.807, 2.05) is 19.3 Å². The average molecular weight is 314 g/mol. The van der Waals surface area contributed by atoms with Crippen LogP contribution in [-0.2, 0) is 24.9 Å². The maximum absolute atomic E-state index is 6.20. The van der Waals surface area contributed by atoms with Crippen molar-refractivity contribution in [1.29, 1.82) is 0 Å². The summed E-state index contributed by atoms with van der Waals surface area (Å²) in [6, 6.07) is 3.61. The number of aryl methyl sites for hydroxylation is 1. The lowest BCUT2D eigenvalue weighted by Gasteiger charge is -2.10. The van der Waals surface area contributed by atoms with Crippen molar-refractivity contribution in [3.63, 3.8) is 0 Å². The van der Waals surface area contributed by atoms with Crippen LogP contribution in [0.5, 0.6) is 0 Å². The highest BCUT2D eigenvalue weighted by Gasteiger charge is 2.18. The Morgan fingerprint density at radius 1 is 1.26 bits per heavy atom. The van der Waals surface area contributed by atoms with Crippen molar-refractivity contribution >= 4 is 51.6 Å². The number of aromatic nitrogens is 2. The van der Waals surface area contributed by atoms with Gasteiger partial charge < -0.3 is 5.32 Å². The minimum absolute atomic E-state index is 0.511. The standard InChI is InChI=1S/C11H9Cl2N5S/c1-18-3-2-6(15-18)5-14-9-7(12)4-8(13)10-11(9)17-19-16-10/h2-4,14H,5H2,1H3. The number of benzene rings is 1. The van der Waals surface area contributed by atoms with Gasteiger partial charge in [0.25, 0.3) is 0 Å². The van der Waals surface area contributed by atoms with Gasteiger partial charge >= 0.3 is 0 Å². The van der Waals surface area contributed by atoms with Crippen LogP contribution in [0.15, 0.2) is 27.1 Å². The largest absolute Gasteiger partial charge is 0.376 e. The molecule has 0 saturated carbocycles. The van der Waals surface area contributed by atoms with E-state index in [0.717, 1.165) is 22.7 Å². The van der Waals surface area contributed by atoms with Gasteiger partial charge in [0, 0.05) is 13.2 Å². The first-order valence-electron chi connectivity index (χ1n) is 5.48.